The van der Waals surface area contributed by atoms with Crippen LogP contribution in [0.5, 0.6) is 0 Å². The molecule has 218 valence electrons. The van der Waals surface area contributed by atoms with Crippen LogP contribution in [0.3, 0.4) is 0 Å². The first-order chi connectivity index (χ1) is 22.5. The Morgan fingerprint density at radius 1 is 0.435 bits per heavy atom. The Labute approximate surface area is 271 Å². The molecule has 1 aliphatic carbocycles. The Morgan fingerprint density at radius 2 is 0.935 bits per heavy atom. The van der Waals surface area contributed by atoms with E-state index >= 15 is 0 Å². The number of rotatable bonds is 4. The zero-order valence-electron chi connectivity index (χ0n) is 25.5. The van der Waals surface area contributed by atoms with E-state index in [-0.39, 0.29) is 5.41 Å². The average Bonchev–Trinajstić information content (AvgIpc) is 3.60. The van der Waals surface area contributed by atoms with Crippen molar-refractivity contribution in [2.45, 2.75) is 19.3 Å². The summed E-state index contributed by atoms with van der Waals surface area (Å²) in [6.45, 7) is 4.68. The normalized spacial score (nSPS) is 13.2. The van der Waals surface area contributed by atoms with Gasteiger partial charge in [-0.25, -0.2) is 15.0 Å². The van der Waals surface area contributed by atoms with E-state index in [0.717, 1.165) is 16.7 Å². The molecule has 9 rings (SSSR count). The maximum Gasteiger partial charge on any atom is 0.164 e. The van der Waals surface area contributed by atoms with E-state index < -0.39 is 0 Å². The molecule has 0 fully saturated rings. The van der Waals surface area contributed by atoms with Crippen LogP contribution >= 0.6 is 11.3 Å². The molecule has 2 heterocycles. The number of hydrogen-bond acceptors (Lipinski definition) is 4. The first-order valence-electron chi connectivity index (χ1n) is 15.6. The second kappa shape index (κ2) is 10.3. The zero-order chi connectivity index (χ0) is 30.8. The molecule has 0 unspecified atom stereocenters. The first-order valence-corrected chi connectivity index (χ1v) is 16.4. The lowest BCUT2D eigenvalue weighted by atomic mass is 9.82. The van der Waals surface area contributed by atoms with Crippen LogP contribution in [-0.2, 0) is 5.41 Å². The molecule has 0 saturated carbocycles. The van der Waals surface area contributed by atoms with Crippen LogP contribution in [0.25, 0.3) is 76.6 Å². The summed E-state index contributed by atoms with van der Waals surface area (Å²) in [6.07, 6.45) is 0. The highest BCUT2D eigenvalue weighted by atomic mass is 32.1. The zero-order valence-corrected chi connectivity index (χ0v) is 26.3. The van der Waals surface area contributed by atoms with Gasteiger partial charge in [-0.1, -0.05) is 141 Å². The molecule has 8 aromatic rings. The molecule has 0 radical (unpaired) electrons. The van der Waals surface area contributed by atoms with Crippen LogP contribution in [0, 0.1) is 0 Å². The van der Waals surface area contributed by atoms with Crippen LogP contribution in [0.1, 0.15) is 25.0 Å². The van der Waals surface area contributed by atoms with Crippen LogP contribution in [0.4, 0.5) is 0 Å². The molecular formula is C42H29N3S. The maximum absolute atomic E-state index is 4.96. The molecule has 4 heteroatoms. The summed E-state index contributed by atoms with van der Waals surface area (Å²) in [4.78, 5) is 14.8. The van der Waals surface area contributed by atoms with Crippen molar-refractivity contribution in [2.24, 2.45) is 0 Å². The molecule has 0 bridgehead atoms. The van der Waals surface area contributed by atoms with Gasteiger partial charge in [-0.05, 0) is 45.5 Å². The monoisotopic (exact) mass is 607 g/mol. The van der Waals surface area contributed by atoms with E-state index in [1.54, 1.807) is 0 Å². The summed E-state index contributed by atoms with van der Waals surface area (Å²) in [5, 5.41) is 2.52. The van der Waals surface area contributed by atoms with Gasteiger partial charge in [0.2, 0.25) is 0 Å². The van der Waals surface area contributed by atoms with Crippen LogP contribution in [0.15, 0.2) is 140 Å². The number of fused-ring (bicyclic) bond motifs is 6. The topological polar surface area (TPSA) is 38.7 Å². The highest BCUT2D eigenvalue weighted by molar-refractivity contribution is 7.25. The first kappa shape index (κ1) is 26.9. The molecule has 0 spiro atoms. The van der Waals surface area contributed by atoms with Crippen molar-refractivity contribution in [1.82, 2.24) is 15.0 Å². The predicted molar refractivity (Wildman–Crippen MR) is 192 cm³/mol. The minimum absolute atomic E-state index is 0.0180. The van der Waals surface area contributed by atoms with Gasteiger partial charge in [-0.2, -0.15) is 0 Å². The molecular weight excluding hydrogens is 579 g/mol. The molecule has 2 aromatic heterocycles. The van der Waals surface area contributed by atoms with Crippen LogP contribution < -0.4 is 0 Å². The molecule has 0 saturated heterocycles. The molecule has 0 aliphatic heterocycles. The third-order valence-electron chi connectivity index (χ3n) is 9.35. The third kappa shape index (κ3) is 4.22. The SMILES string of the molecule is CC1(C)c2ccccc2-c2c(-c3ccc4c(c3)sc3cc(-c5nc(-c6ccccc6)nc(-c6ccccc6)n5)ccc34)cccc21. The number of hydrogen-bond donors (Lipinski definition) is 0. The van der Waals surface area contributed by atoms with Gasteiger partial charge in [-0.15, -0.1) is 11.3 Å². The summed E-state index contributed by atoms with van der Waals surface area (Å²) in [5.41, 5.74) is 11.0. The highest BCUT2D eigenvalue weighted by Gasteiger charge is 2.36. The van der Waals surface area contributed by atoms with Crippen LogP contribution in [0.2, 0.25) is 0 Å². The number of nitrogens with zero attached hydrogens (tertiary/aromatic N) is 3. The van der Waals surface area contributed by atoms with Gasteiger partial charge in [0.15, 0.2) is 17.5 Å². The minimum Gasteiger partial charge on any atom is -0.208 e. The van der Waals surface area contributed by atoms with Gasteiger partial charge in [0.25, 0.3) is 0 Å². The Morgan fingerprint density at radius 3 is 1.59 bits per heavy atom. The van der Waals surface area contributed by atoms with E-state index in [2.05, 4.69) is 92.7 Å². The van der Waals surface area contributed by atoms with Gasteiger partial charge < -0.3 is 0 Å². The maximum atomic E-state index is 4.96. The van der Waals surface area contributed by atoms with Crippen molar-refractivity contribution in [3.63, 3.8) is 0 Å². The second-order valence-electron chi connectivity index (χ2n) is 12.5. The van der Waals surface area contributed by atoms with E-state index in [4.69, 9.17) is 15.0 Å². The Kier molecular flexibility index (Phi) is 6.02. The largest absolute Gasteiger partial charge is 0.208 e. The summed E-state index contributed by atoms with van der Waals surface area (Å²) in [6, 6.07) is 49.5. The number of thiophene rings is 1. The van der Waals surface area contributed by atoms with E-state index in [1.807, 2.05) is 72.0 Å². The fourth-order valence-electron chi connectivity index (χ4n) is 7.02. The Bertz CT molecular complexity index is 2380. The Hall–Kier alpha value is -5.45. The van der Waals surface area contributed by atoms with Gasteiger partial charge in [0.05, 0.1) is 0 Å². The van der Waals surface area contributed by atoms with Crippen molar-refractivity contribution >= 4 is 31.5 Å². The fourth-order valence-corrected chi connectivity index (χ4v) is 8.20. The van der Waals surface area contributed by atoms with Crippen molar-refractivity contribution in [2.75, 3.05) is 0 Å². The average molecular weight is 608 g/mol. The van der Waals surface area contributed by atoms with Gasteiger partial charge >= 0.3 is 0 Å². The predicted octanol–water partition coefficient (Wildman–Crippen LogP) is 11.2. The molecule has 0 N–H and O–H groups in total. The molecule has 1 aliphatic rings. The standard InChI is InChI=1S/C42H29N3S/c1-42(2)34-18-10-9-16-33(34)38-30(17-11-19-35(38)42)28-20-22-31-32-23-21-29(25-37(32)46-36(31)24-28)41-44-39(26-12-5-3-6-13-26)43-40(45-41)27-14-7-4-8-15-27/h3-25H,1-2H3. The summed E-state index contributed by atoms with van der Waals surface area (Å²) < 4.78 is 2.50. The van der Waals surface area contributed by atoms with Crippen molar-refractivity contribution in [1.29, 1.82) is 0 Å². The minimum atomic E-state index is -0.0180. The summed E-state index contributed by atoms with van der Waals surface area (Å²) in [5.74, 6) is 2.02. The van der Waals surface area contributed by atoms with Crippen LogP contribution in [-0.4, -0.2) is 15.0 Å². The summed E-state index contributed by atoms with van der Waals surface area (Å²) >= 11 is 1.83. The van der Waals surface area contributed by atoms with Crippen molar-refractivity contribution in [3.05, 3.63) is 151 Å². The van der Waals surface area contributed by atoms with E-state index in [0.29, 0.717) is 17.5 Å². The lowest BCUT2D eigenvalue weighted by Crippen LogP contribution is -2.14. The van der Waals surface area contributed by atoms with Gasteiger partial charge in [0, 0.05) is 42.3 Å². The van der Waals surface area contributed by atoms with Gasteiger partial charge in [0.1, 0.15) is 0 Å². The van der Waals surface area contributed by atoms with Crippen molar-refractivity contribution < 1.29 is 0 Å². The molecule has 46 heavy (non-hydrogen) atoms. The second-order valence-corrected chi connectivity index (χ2v) is 13.5. The number of aromatic nitrogens is 3. The fraction of sp³-hybridized carbons (Fsp3) is 0.0714. The molecule has 6 aromatic carbocycles. The van der Waals surface area contributed by atoms with Gasteiger partial charge in [-0.3, -0.25) is 0 Å². The molecule has 0 atom stereocenters. The van der Waals surface area contributed by atoms with Crippen molar-refractivity contribution in [3.8, 4) is 56.4 Å². The molecule has 3 nitrogen and oxygen atoms in total. The number of benzene rings is 6. The third-order valence-corrected chi connectivity index (χ3v) is 10.5. The smallest absolute Gasteiger partial charge is 0.164 e. The Balaban J connectivity index is 1.17. The summed E-state index contributed by atoms with van der Waals surface area (Å²) in [7, 11) is 0. The van der Waals surface area contributed by atoms with E-state index in [1.165, 1.54) is 53.6 Å². The highest BCUT2D eigenvalue weighted by Crippen LogP contribution is 2.52. The van der Waals surface area contributed by atoms with E-state index in [9.17, 15) is 0 Å². The quantitative estimate of drug-likeness (QED) is 0.200. The lowest BCUT2D eigenvalue weighted by Gasteiger charge is -2.21. The lowest BCUT2D eigenvalue weighted by molar-refractivity contribution is 0.660. The molecule has 0 amide bonds.